The second kappa shape index (κ2) is 7.87. The number of nitrogens with one attached hydrogen (secondary N) is 1. The van der Waals surface area contributed by atoms with Crippen LogP contribution in [0.25, 0.3) is 5.69 Å². The molecule has 0 radical (unpaired) electrons. The molecule has 0 bridgehead atoms. The second-order valence-corrected chi connectivity index (χ2v) is 5.77. The number of aromatic nitrogens is 3. The van der Waals surface area contributed by atoms with E-state index in [4.69, 9.17) is 4.74 Å². The summed E-state index contributed by atoms with van der Waals surface area (Å²) in [5.41, 5.74) is 1.42. The summed E-state index contributed by atoms with van der Waals surface area (Å²) in [6, 6.07) is 7.46. The van der Waals surface area contributed by atoms with E-state index in [0.717, 1.165) is 31.6 Å². The van der Waals surface area contributed by atoms with Crippen LogP contribution in [0.2, 0.25) is 0 Å². The molecule has 1 N–H and O–H groups in total. The summed E-state index contributed by atoms with van der Waals surface area (Å²) >= 11 is 0. The molecule has 23 heavy (non-hydrogen) atoms. The van der Waals surface area contributed by atoms with Crippen molar-refractivity contribution in [2.45, 2.75) is 38.2 Å². The van der Waals surface area contributed by atoms with E-state index in [9.17, 15) is 4.79 Å². The number of benzene rings is 1. The van der Waals surface area contributed by atoms with Gasteiger partial charge in [-0.15, -0.1) is 10.2 Å². The van der Waals surface area contributed by atoms with Gasteiger partial charge in [0.15, 0.2) is 0 Å². The van der Waals surface area contributed by atoms with E-state index < -0.39 is 0 Å². The van der Waals surface area contributed by atoms with Gasteiger partial charge < -0.3 is 10.1 Å². The third-order valence-corrected chi connectivity index (χ3v) is 4.11. The van der Waals surface area contributed by atoms with E-state index in [1.807, 2.05) is 24.3 Å². The molecule has 6 nitrogen and oxygen atoms in total. The molecule has 2 heterocycles. The monoisotopic (exact) mass is 314 g/mol. The van der Waals surface area contributed by atoms with Crippen LogP contribution < -0.4 is 5.32 Å². The van der Waals surface area contributed by atoms with E-state index in [1.54, 1.807) is 17.2 Å². The number of carbonyl (C=O) groups is 1. The van der Waals surface area contributed by atoms with Crippen molar-refractivity contribution in [3.8, 4) is 5.69 Å². The van der Waals surface area contributed by atoms with Gasteiger partial charge >= 0.3 is 0 Å². The molecule has 0 unspecified atom stereocenters. The van der Waals surface area contributed by atoms with Gasteiger partial charge in [-0.2, -0.15) is 0 Å². The number of hydrogen-bond acceptors (Lipinski definition) is 4. The van der Waals surface area contributed by atoms with Gasteiger partial charge in [-0.3, -0.25) is 9.36 Å². The van der Waals surface area contributed by atoms with E-state index in [-0.39, 0.29) is 5.91 Å². The third-order valence-electron chi connectivity index (χ3n) is 4.11. The summed E-state index contributed by atoms with van der Waals surface area (Å²) < 4.78 is 7.35. The average molecular weight is 314 g/mol. The van der Waals surface area contributed by atoms with Crippen molar-refractivity contribution in [1.29, 1.82) is 0 Å². The molecule has 1 aliphatic rings. The standard InChI is InChI=1S/C17H22N4O2/c22-17(18-10-4-3-6-14-7-5-11-23-14)15-8-1-2-9-16(15)21-12-19-20-13-21/h1-2,8-9,12-14H,3-7,10-11H2,(H,18,22)/t14-/m1/s1. The normalized spacial score (nSPS) is 17.3. The van der Waals surface area contributed by atoms with Crippen molar-refractivity contribution in [2.75, 3.05) is 13.2 Å². The van der Waals surface area contributed by atoms with Crippen LogP contribution in [0.5, 0.6) is 0 Å². The van der Waals surface area contributed by atoms with Crippen molar-refractivity contribution in [1.82, 2.24) is 20.1 Å². The predicted octanol–water partition coefficient (Wildman–Crippen LogP) is 2.35. The highest BCUT2D eigenvalue weighted by Crippen LogP contribution is 2.17. The Kier molecular flexibility index (Phi) is 5.37. The molecule has 1 saturated heterocycles. The fourth-order valence-corrected chi connectivity index (χ4v) is 2.88. The summed E-state index contributed by atoms with van der Waals surface area (Å²) in [6.07, 6.45) is 9.12. The highest BCUT2D eigenvalue weighted by Gasteiger charge is 2.15. The Balaban J connectivity index is 1.48. The summed E-state index contributed by atoms with van der Waals surface area (Å²) in [5, 5.41) is 10.6. The summed E-state index contributed by atoms with van der Waals surface area (Å²) in [6.45, 7) is 1.59. The van der Waals surface area contributed by atoms with Gasteiger partial charge in [0.2, 0.25) is 0 Å². The number of unbranched alkanes of at least 4 members (excludes halogenated alkanes) is 1. The third kappa shape index (κ3) is 4.16. The average Bonchev–Trinajstić information content (AvgIpc) is 3.28. The summed E-state index contributed by atoms with van der Waals surface area (Å²) in [4.78, 5) is 12.4. The van der Waals surface area contributed by atoms with E-state index in [2.05, 4.69) is 15.5 Å². The Hall–Kier alpha value is -2.21. The maximum absolute atomic E-state index is 12.4. The van der Waals surface area contributed by atoms with Gasteiger partial charge in [-0.1, -0.05) is 12.1 Å². The molecular weight excluding hydrogens is 292 g/mol. The number of rotatable bonds is 7. The van der Waals surface area contributed by atoms with Gasteiger partial charge in [-0.05, 0) is 44.2 Å². The fraction of sp³-hybridized carbons (Fsp3) is 0.471. The Morgan fingerprint density at radius 2 is 2.09 bits per heavy atom. The maximum Gasteiger partial charge on any atom is 0.253 e. The van der Waals surface area contributed by atoms with Gasteiger partial charge in [0.25, 0.3) is 5.91 Å². The van der Waals surface area contributed by atoms with Crippen molar-refractivity contribution < 1.29 is 9.53 Å². The smallest absolute Gasteiger partial charge is 0.253 e. The van der Waals surface area contributed by atoms with Gasteiger partial charge in [-0.25, -0.2) is 0 Å². The molecule has 122 valence electrons. The van der Waals surface area contributed by atoms with E-state index in [0.29, 0.717) is 18.2 Å². The molecule has 1 atom stereocenters. The van der Waals surface area contributed by atoms with Crippen LogP contribution in [-0.2, 0) is 4.74 Å². The first-order valence-corrected chi connectivity index (χ1v) is 8.18. The fourth-order valence-electron chi connectivity index (χ4n) is 2.88. The Morgan fingerprint density at radius 3 is 2.87 bits per heavy atom. The maximum atomic E-state index is 12.4. The predicted molar refractivity (Wildman–Crippen MR) is 86.5 cm³/mol. The highest BCUT2D eigenvalue weighted by atomic mass is 16.5. The Labute approximate surface area is 135 Å². The van der Waals surface area contributed by atoms with E-state index >= 15 is 0 Å². The van der Waals surface area contributed by atoms with Crippen LogP contribution in [-0.4, -0.2) is 39.9 Å². The minimum absolute atomic E-state index is 0.0635. The first-order valence-electron chi connectivity index (χ1n) is 8.18. The highest BCUT2D eigenvalue weighted by molar-refractivity contribution is 5.97. The molecule has 1 amide bonds. The molecule has 3 rings (SSSR count). The molecule has 0 saturated carbocycles. The lowest BCUT2D eigenvalue weighted by molar-refractivity contribution is 0.0947. The second-order valence-electron chi connectivity index (χ2n) is 5.77. The molecule has 1 aliphatic heterocycles. The Morgan fingerprint density at radius 1 is 1.26 bits per heavy atom. The molecular formula is C17H22N4O2. The minimum Gasteiger partial charge on any atom is -0.378 e. The molecule has 1 fully saturated rings. The lowest BCUT2D eigenvalue weighted by atomic mass is 10.1. The first kappa shape index (κ1) is 15.7. The minimum atomic E-state index is -0.0635. The van der Waals surface area contributed by atoms with Gasteiger partial charge in [0, 0.05) is 13.2 Å². The van der Waals surface area contributed by atoms with Crippen molar-refractivity contribution >= 4 is 5.91 Å². The number of amides is 1. The summed E-state index contributed by atoms with van der Waals surface area (Å²) in [5.74, 6) is -0.0635. The van der Waals surface area contributed by atoms with Crippen LogP contribution in [0.1, 0.15) is 42.5 Å². The number of ether oxygens (including phenoxy) is 1. The number of carbonyl (C=O) groups excluding carboxylic acids is 1. The molecule has 0 aliphatic carbocycles. The van der Waals surface area contributed by atoms with Crippen molar-refractivity contribution in [3.63, 3.8) is 0 Å². The number of nitrogens with zero attached hydrogens (tertiary/aromatic N) is 3. The molecule has 1 aromatic heterocycles. The quantitative estimate of drug-likeness (QED) is 0.797. The lowest BCUT2D eigenvalue weighted by Crippen LogP contribution is -2.25. The van der Waals surface area contributed by atoms with Crippen LogP contribution in [0.3, 0.4) is 0 Å². The number of para-hydroxylation sites is 1. The first-order chi connectivity index (χ1) is 11.3. The zero-order valence-electron chi connectivity index (χ0n) is 13.1. The lowest BCUT2D eigenvalue weighted by Gasteiger charge is -2.11. The van der Waals surface area contributed by atoms with Crippen molar-refractivity contribution in [2.24, 2.45) is 0 Å². The van der Waals surface area contributed by atoms with Crippen LogP contribution in [0.15, 0.2) is 36.9 Å². The molecule has 0 spiro atoms. The van der Waals surface area contributed by atoms with Crippen LogP contribution in [0.4, 0.5) is 0 Å². The van der Waals surface area contributed by atoms with Crippen LogP contribution >= 0.6 is 0 Å². The zero-order valence-corrected chi connectivity index (χ0v) is 13.1. The number of hydrogen-bond donors (Lipinski definition) is 1. The SMILES string of the molecule is O=C(NCCCC[C@@H]1CCCO1)c1ccccc1-n1cnnc1. The Bertz CT molecular complexity index is 621. The molecule has 2 aromatic rings. The largest absolute Gasteiger partial charge is 0.378 e. The topological polar surface area (TPSA) is 69.0 Å². The zero-order chi connectivity index (χ0) is 15.9. The summed E-state index contributed by atoms with van der Waals surface area (Å²) in [7, 11) is 0. The van der Waals surface area contributed by atoms with E-state index in [1.165, 1.54) is 12.8 Å². The molecule has 6 heteroatoms. The van der Waals surface area contributed by atoms with Gasteiger partial charge in [0.1, 0.15) is 12.7 Å². The van der Waals surface area contributed by atoms with Crippen LogP contribution in [0, 0.1) is 0 Å². The van der Waals surface area contributed by atoms with Crippen molar-refractivity contribution in [3.05, 3.63) is 42.5 Å². The molecule has 1 aromatic carbocycles. The van der Waals surface area contributed by atoms with Gasteiger partial charge in [0.05, 0.1) is 17.4 Å².